The highest BCUT2D eigenvalue weighted by Crippen LogP contribution is 2.05. The van der Waals surface area contributed by atoms with Gasteiger partial charge in [0.1, 0.15) is 0 Å². The quantitative estimate of drug-likeness (QED) is 0.662. The van der Waals surface area contributed by atoms with Crippen LogP contribution in [-0.2, 0) is 4.79 Å². The number of hydrogen-bond acceptors (Lipinski definition) is 3. The molecule has 0 aliphatic carbocycles. The third-order valence-electron chi connectivity index (χ3n) is 2.75. The minimum absolute atomic E-state index is 0.163. The van der Waals surface area contributed by atoms with E-state index in [1.807, 2.05) is 0 Å². The molecule has 1 atom stereocenters. The van der Waals surface area contributed by atoms with E-state index in [-0.39, 0.29) is 5.91 Å². The molecule has 1 aliphatic heterocycles. The fourth-order valence-electron chi connectivity index (χ4n) is 1.84. The summed E-state index contributed by atoms with van der Waals surface area (Å²) in [7, 11) is 2.13. The summed E-state index contributed by atoms with van der Waals surface area (Å²) in [5.41, 5.74) is 0. The van der Waals surface area contributed by atoms with Crippen molar-refractivity contribution in [2.75, 3.05) is 33.2 Å². The SMILES string of the molecule is CCCNC(=O)CCNC1CCN(C)C1. The van der Waals surface area contributed by atoms with Crippen LogP contribution in [0.3, 0.4) is 0 Å². The zero-order chi connectivity index (χ0) is 11.1. The van der Waals surface area contributed by atoms with E-state index in [1.165, 1.54) is 13.0 Å². The Hall–Kier alpha value is -0.610. The molecule has 1 saturated heterocycles. The van der Waals surface area contributed by atoms with Crippen LogP contribution in [0.25, 0.3) is 0 Å². The maximum atomic E-state index is 11.3. The van der Waals surface area contributed by atoms with Crippen LogP contribution in [0.5, 0.6) is 0 Å². The third kappa shape index (κ3) is 5.14. The number of likely N-dealkylation sites (N-methyl/N-ethyl adjacent to an activating group) is 1. The standard InChI is InChI=1S/C11H23N3O/c1-3-6-13-11(15)4-7-12-10-5-8-14(2)9-10/h10,12H,3-9H2,1-2H3,(H,13,15). The summed E-state index contributed by atoms with van der Waals surface area (Å²) < 4.78 is 0. The van der Waals surface area contributed by atoms with Gasteiger partial charge in [-0.2, -0.15) is 0 Å². The first-order chi connectivity index (χ1) is 7.22. The van der Waals surface area contributed by atoms with Gasteiger partial charge >= 0.3 is 0 Å². The molecule has 1 fully saturated rings. The Bertz CT molecular complexity index is 196. The van der Waals surface area contributed by atoms with Crippen molar-refractivity contribution in [3.05, 3.63) is 0 Å². The zero-order valence-electron chi connectivity index (χ0n) is 9.88. The zero-order valence-corrected chi connectivity index (χ0v) is 9.88. The van der Waals surface area contributed by atoms with Crippen LogP contribution in [0, 0.1) is 0 Å². The Morgan fingerprint density at radius 3 is 2.87 bits per heavy atom. The Kier molecular flexibility index (Phi) is 5.65. The normalized spacial score (nSPS) is 21.9. The maximum absolute atomic E-state index is 11.3. The van der Waals surface area contributed by atoms with E-state index in [2.05, 4.69) is 29.5 Å². The van der Waals surface area contributed by atoms with Gasteiger partial charge in [-0.3, -0.25) is 4.79 Å². The molecule has 88 valence electrons. The van der Waals surface area contributed by atoms with Crippen molar-refractivity contribution < 1.29 is 4.79 Å². The van der Waals surface area contributed by atoms with Gasteiger partial charge in [-0.25, -0.2) is 0 Å². The molecule has 4 nitrogen and oxygen atoms in total. The van der Waals surface area contributed by atoms with Gasteiger partial charge in [-0.1, -0.05) is 6.92 Å². The Morgan fingerprint density at radius 1 is 1.47 bits per heavy atom. The van der Waals surface area contributed by atoms with E-state index >= 15 is 0 Å². The molecule has 0 radical (unpaired) electrons. The highest BCUT2D eigenvalue weighted by Gasteiger charge is 2.18. The minimum Gasteiger partial charge on any atom is -0.356 e. The van der Waals surface area contributed by atoms with E-state index in [0.29, 0.717) is 12.5 Å². The van der Waals surface area contributed by atoms with Gasteiger partial charge in [-0.05, 0) is 26.4 Å². The number of carbonyl (C=O) groups excluding carboxylic acids is 1. The van der Waals surface area contributed by atoms with Crippen molar-refractivity contribution >= 4 is 5.91 Å². The van der Waals surface area contributed by atoms with Gasteiger partial charge in [0.25, 0.3) is 0 Å². The molecule has 1 rings (SSSR count). The summed E-state index contributed by atoms with van der Waals surface area (Å²) in [6.07, 6.45) is 2.81. The van der Waals surface area contributed by atoms with E-state index in [9.17, 15) is 4.79 Å². The lowest BCUT2D eigenvalue weighted by Gasteiger charge is -2.12. The second kappa shape index (κ2) is 6.80. The fourth-order valence-corrected chi connectivity index (χ4v) is 1.84. The molecule has 4 heteroatoms. The third-order valence-corrected chi connectivity index (χ3v) is 2.75. The average molecular weight is 213 g/mol. The van der Waals surface area contributed by atoms with E-state index < -0.39 is 0 Å². The maximum Gasteiger partial charge on any atom is 0.221 e. The Labute approximate surface area is 92.4 Å². The summed E-state index contributed by atoms with van der Waals surface area (Å²) in [6, 6.07) is 0.578. The molecule has 2 N–H and O–H groups in total. The van der Waals surface area contributed by atoms with Gasteiger partial charge in [0.05, 0.1) is 0 Å². The topological polar surface area (TPSA) is 44.4 Å². The van der Waals surface area contributed by atoms with Gasteiger partial charge in [0, 0.05) is 32.1 Å². The number of carbonyl (C=O) groups is 1. The number of hydrogen-bond donors (Lipinski definition) is 2. The molecule has 0 aromatic rings. The fraction of sp³-hybridized carbons (Fsp3) is 0.909. The van der Waals surface area contributed by atoms with Crippen molar-refractivity contribution in [1.29, 1.82) is 0 Å². The van der Waals surface area contributed by atoms with Crippen LogP contribution >= 0.6 is 0 Å². The van der Waals surface area contributed by atoms with Gasteiger partial charge in [0.2, 0.25) is 5.91 Å². The smallest absolute Gasteiger partial charge is 0.221 e. The van der Waals surface area contributed by atoms with E-state index in [4.69, 9.17) is 0 Å². The lowest BCUT2D eigenvalue weighted by Crippen LogP contribution is -2.35. The lowest BCUT2D eigenvalue weighted by molar-refractivity contribution is -0.121. The molecule has 1 unspecified atom stereocenters. The first kappa shape index (κ1) is 12.5. The average Bonchev–Trinajstić information content (AvgIpc) is 2.61. The van der Waals surface area contributed by atoms with Crippen molar-refractivity contribution in [3.8, 4) is 0 Å². The molecule has 1 aliphatic rings. The second-order valence-corrected chi connectivity index (χ2v) is 4.30. The molecule has 0 aromatic heterocycles. The van der Waals surface area contributed by atoms with Crippen LogP contribution < -0.4 is 10.6 Å². The van der Waals surface area contributed by atoms with Crippen LogP contribution in [0.15, 0.2) is 0 Å². The van der Waals surface area contributed by atoms with Crippen molar-refractivity contribution in [2.45, 2.75) is 32.2 Å². The summed E-state index contributed by atoms with van der Waals surface area (Å²) in [5, 5.41) is 6.29. The monoisotopic (exact) mass is 213 g/mol. The van der Waals surface area contributed by atoms with Gasteiger partial charge in [-0.15, -0.1) is 0 Å². The number of nitrogens with zero attached hydrogens (tertiary/aromatic N) is 1. The molecule has 0 bridgehead atoms. The largest absolute Gasteiger partial charge is 0.356 e. The summed E-state index contributed by atoms with van der Waals surface area (Å²) in [6.45, 7) is 5.93. The van der Waals surface area contributed by atoms with Crippen LogP contribution in [0.4, 0.5) is 0 Å². The number of rotatable bonds is 6. The van der Waals surface area contributed by atoms with Crippen LogP contribution in [0.1, 0.15) is 26.2 Å². The number of amides is 1. The van der Waals surface area contributed by atoms with E-state index in [1.54, 1.807) is 0 Å². The van der Waals surface area contributed by atoms with Crippen molar-refractivity contribution in [3.63, 3.8) is 0 Å². The number of nitrogens with one attached hydrogen (secondary N) is 2. The first-order valence-electron chi connectivity index (χ1n) is 5.91. The van der Waals surface area contributed by atoms with Crippen molar-refractivity contribution in [2.24, 2.45) is 0 Å². The Balaban J connectivity index is 1.98. The predicted molar refractivity (Wildman–Crippen MR) is 61.8 cm³/mol. The molecule has 0 aromatic carbocycles. The van der Waals surface area contributed by atoms with Crippen LogP contribution in [-0.4, -0.2) is 50.1 Å². The lowest BCUT2D eigenvalue weighted by atomic mass is 10.2. The van der Waals surface area contributed by atoms with Crippen LogP contribution in [0.2, 0.25) is 0 Å². The summed E-state index contributed by atoms with van der Waals surface area (Å²) in [4.78, 5) is 13.6. The summed E-state index contributed by atoms with van der Waals surface area (Å²) in [5.74, 6) is 0.163. The van der Waals surface area contributed by atoms with E-state index in [0.717, 1.165) is 26.1 Å². The molecule has 15 heavy (non-hydrogen) atoms. The molecular formula is C11H23N3O. The molecule has 0 saturated carbocycles. The molecule has 1 heterocycles. The molecular weight excluding hydrogens is 190 g/mol. The predicted octanol–water partition coefficient (Wildman–Crippen LogP) is 0.196. The first-order valence-corrected chi connectivity index (χ1v) is 5.91. The minimum atomic E-state index is 0.163. The summed E-state index contributed by atoms with van der Waals surface area (Å²) >= 11 is 0. The molecule has 1 amide bonds. The highest BCUT2D eigenvalue weighted by molar-refractivity contribution is 5.75. The number of likely N-dealkylation sites (tertiary alicyclic amines) is 1. The van der Waals surface area contributed by atoms with Gasteiger partial charge in [0.15, 0.2) is 0 Å². The van der Waals surface area contributed by atoms with Gasteiger partial charge < -0.3 is 15.5 Å². The Morgan fingerprint density at radius 2 is 2.27 bits per heavy atom. The second-order valence-electron chi connectivity index (χ2n) is 4.30. The highest BCUT2D eigenvalue weighted by atomic mass is 16.1. The molecule has 0 spiro atoms. The van der Waals surface area contributed by atoms with Crippen molar-refractivity contribution in [1.82, 2.24) is 15.5 Å².